The van der Waals surface area contributed by atoms with Gasteiger partial charge in [0.25, 0.3) is 5.92 Å². The number of nitrogens with zero attached hydrogens (tertiary/aromatic N) is 1. The summed E-state index contributed by atoms with van der Waals surface area (Å²) in [5.74, 6) is -3.23. The summed E-state index contributed by atoms with van der Waals surface area (Å²) in [6, 6.07) is 0.874. The summed E-state index contributed by atoms with van der Waals surface area (Å²) in [4.78, 5) is 0. The second kappa shape index (κ2) is 6.17. The van der Waals surface area contributed by atoms with Crippen LogP contribution in [0, 0.1) is 5.92 Å². The van der Waals surface area contributed by atoms with Gasteiger partial charge in [-0.2, -0.15) is 13.2 Å². The first-order valence-corrected chi connectivity index (χ1v) is 8.25. The SMILES string of the molecule is OC1c2c(C(F)(F)F)cc(/C=C/C3CCCCC3)n2CCC1(F)F. The summed E-state index contributed by atoms with van der Waals surface area (Å²) in [5, 5.41) is 9.77. The molecule has 1 fully saturated rings. The molecule has 2 aliphatic rings. The van der Waals surface area contributed by atoms with Crippen LogP contribution in [-0.2, 0) is 12.7 Å². The topological polar surface area (TPSA) is 25.2 Å². The Bertz CT molecular complexity index is 626. The number of aliphatic hydroxyl groups excluding tert-OH is 1. The highest BCUT2D eigenvalue weighted by Crippen LogP contribution is 2.46. The van der Waals surface area contributed by atoms with Crippen LogP contribution in [-0.4, -0.2) is 15.6 Å². The molecule has 1 aliphatic carbocycles. The fourth-order valence-electron chi connectivity index (χ4n) is 3.65. The maximum Gasteiger partial charge on any atom is 0.418 e. The van der Waals surface area contributed by atoms with Crippen LogP contribution in [0.2, 0.25) is 0 Å². The molecule has 0 radical (unpaired) electrons. The third kappa shape index (κ3) is 3.23. The standard InChI is InChI=1S/C17H20F5NO/c18-16(19)8-9-23-12(7-6-11-4-2-1-3-5-11)10-13(17(20,21)22)14(23)15(16)24/h6-7,10-11,15,24H,1-5,8-9H2/b7-6+. The van der Waals surface area contributed by atoms with Gasteiger partial charge in [0.2, 0.25) is 0 Å². The largest absolute Gasteiger partial charge is 0.418 e. The molecule has 24 heavy (non-hydrogen) atoms. The smallest absolute Gasteiger partial charge is 0.381 e. The monoisotopic (exact) mass is 349 g/mol. The van der Waals surface area contributed by atoms with Crippen LogP contribution < -0.4 is 0 Å². The third-order valence-corrected chi connectivity index (χ3v) is 4.99. The zero-order valence-corrected chi connectivity index (χ0v) is 13.1. The number of rotatable bonds is 2. The minimum Gasteiger partial charge on any atom is -0.381 e. The number of aliphatic hydroxyl groups is 1. The van der Waals surface area contributed by atoms with Gasteiger partial charge in [-0.1, -0.05) is 25.3 Å². The molecule has 1 unspecified atom stereocenters. The number of halogens is 5. The first-order chi connectivity index (χ1) is 11.2. The second-order valence-corrected chi connectivity index (χ2v) is 6.69. The summed E-state index contributed by atoms with van der Waals surface area (Å²) in [7, 11) is 0. The van der Waals surface area contributed by atoms with E-state index in [0.717, 1.165) is 31.7 Å². The second-order valence-electron chi connectivity index (χ2n) is 6.69. The molecule has 1 saturated carbocycles. The average molecular weight is 349 g/mol. The molecule has 1 aliphatic heterocycles. The molecule has 0 spiro atoms. The molecule has 0 aromatic carbocycles. The highest BCUT2D eigenvalue weighted by molar-refractivity contribution is 5.52. The van der Waals surface area contributed by atoms with E-state index >= 15 is 0 Å². The molecule has 0 bridgehead atoms. The molecule has 3 rings (SSSR count). The predicted molar refractivity (Wildman–Crippen MR) is 79.6 cm³/mol. The summed E-state index contributed by atoms with van der Waals surface area (Å²) < 4.78 is 68.2. The Morgan fingerprint density at radius 2 is 1.83 bits per heavy atom. The molecule has 2 heterocycles. The maximum absolute atomic E-state index is 13.7. The van der Waals surface area contributed by atoms with Gasteiger partial charge in [-0.05, 0) is 30.9 Å². The van der Waals surface area contributed by atoms with E-state index in [9.17, 15) is 27.1 Å². The van der Waals surface area contributed by atoms with Gasteiger partial charge in [-0.3, -0.25) is 0 Å². The Labute approximate surface area is 137 Å². The number of aromatic nitrogens is 1. The lowest BCUT2D eigenvalue weighted by atomic mass is 9.89. The van der Waals surface area contributed by atoms with Crippen molar-refractivity contribution in [2.45, 2.75) is 63.3 Å². The quantitative estimate of drug-likeness (QED) is 0.732. The minimum atomic E-state index is -4.78. The Morgan fingerprint density at radius 1 is 1.17 bits per heavy atom. The number of hydrogen-bond donors (Lipinski definition) is 1. The van der Waals surface area contributed by atoms with Gasteiger partial charge in [0.05, 0.1) is 11.3 Å². The first kappa shape index (κ1) is 17.5. The first-order valence-electron chi connectivity index (χ1n) is 8.25. The molecule has 0 amide bonds. The van der Waals surface area contributed by atoms with E-state index in [4.69, 9.17) is 0 Å². The van der Waals surface area contributed by atoms with Crippen molar-refractivity contribution in [3.8, 4) is 0 Å². The number of hydrogen-bond acceptors (Lipinski definition) is 1. The summed E-state index contributed by atoms with van der Waals surface area (Å²) in [5.41, 5.74) is -1.66. The predicted octanol–water partition coefficient (Wildman–Crippen LogP) is 5.17. The van der Waals surface area contributed by atoms with Crippen LogP contribution in [0.15, 0.2) is 12.1 Å². The molecule has 1 aromatic rings. The Morgan fingerprint density at radius 3 is 2.46 bits per heavy atom. The zero-order valence-electron chi connectivity index (χ0n) is 13.1. The van der Waals surface area contributed by atoms with Crippen molar-refractivity contribution in [2.24, 2.45) is 5.92 Å². The fraction of sp³-hybridized carbons (Fsp3) is 0.647. The van der Waals surface area contributed by atoms with Crippen molar-refractivity contribution in [1.29, 1.82) is 0 Å². The van der Waals surface area contributed by atoms with Crippen LogP contribution in [0.5, 0.6) is 0 Å². The molecule has 2 nitrogen and oxygen atoms in total. The van der Waals surface area contributed by atoms with Crippen LogP contribution >= 0.6 is 0 Å². The van der Waals surface area contributed by atoms with Gasteiger partial charge in [0, 0.05) is 18.7 Å². The van der Waals surface area contributed by atoms with Crippen LogP contribution in [0.4, 0.5) is 22.0 Å². The molecule has 1 atom stereocenters. The highest BCUT2D eigenvalue weighted by atomic mass is 19.4. The zero-order chi connectivity index (χ0) is 17.5. The van der Waals surface area contributed by atoms with E-state index in [1.807, 2.05) is 6.08 Å². The molecule has 7 heteroatoms. The van der Waals surface area contributed by atoms with Crippen molar-refractivity contribution in [1.82, 2.24) is 4.57 Å². The Kier molecular flexibility index (Phi) is 4.49. The van der Waals surface area contributed by atoms with Gasteiger partial charge in [-0.25, -0.2) is 8.78 Å². The van der Waals surface area contributed by atoms with E-state index in [0.29, 0.717) is 5.92 Å². The normalized spacial score (nSPS) is 25.2. The van der Waals surface area contributed by atoms with E-state index in [-0.39, 0.29) is 12.2 Å². The summed E-state index contributed by atoms with van der Waals surface area (Å²) >= 11 is 0. The summed E-state index contributed by atoms with van der Waals surface area (Å²) in [6.07, 6.45) is 0.948. The molecular formula is C17H20F5NO. The average Bonchev–Trinajstić information content (AvgIpc) is 2.89. The van der Waals surface area contributed by atoms with Crippen LogP contribution in [0.3, 0.4) is 0 Å². The van der Waals surface area contributed by atoms with Gasteiger partial charge >= 0.3 is 6.18 Å². The Hall–Kier alpha value is -1.37. The number of allylic oxidation sites excluding steroid dienone is 1. The summed E-state index contributed by atoms with van der Waals surface area (Å²) in [6.45, 7) is -0.236. The van der Waals surface area contributed by atoms with Crippen LogP contribution in [0.1, 0.15) is 61.6 Å². The number of alkyl halides is 5. The molecule has 1 N–H and O–H groups in total. The minimum absolute atomic E-state index is 0.234. The third-order valence-electron chi connectivity index (χ3n) is 4.99. The van der Waals surface area contributed by atoms with Crippen molar-refractivity contribution in [3.05, 3.63) is 29.1 Å². The van der Waals surface area contributed by atoms with Gasteiger partial charge in [-0.15, -0.1) is 0 Å². The lowest BCUT2D eigenvalue weighted by molar-refractivity contribution is -0.152. The van der Waals surface area contributed by atoms with Gasteiger partial charge < -0.3 is 9.67 Å². The van der Waals surface area contributed by atoms with E-state index in [2.05, 4.69) is 0 Å². The lowest BCUT2D eigenvalue weighted by Crippen LogP contribution is -2.36. The van der Waals surface area contributed by atoms with Crippen molar-refractivity contribution in [2.75, 3.05) is 0 Å². The van der Waals surface area contributed by atoms with Gasteiger partial charge in [0.1, 0.15) is 0 Å². The van der Waals surface area contributed by atoms with E-state index in [1.54, 1.807) is 6.08 Å². The molecular weight excluding hydrogens is 329 g/mol. The van der Waals surface area contributed by atoms with E-state index < -0.39 is 35.9 Å². The lowest BCUT2D eigenvalue weighted by Gasteiger charge is -2.31. The fourth-order valence-corrected chi connectivity index (χ4v) is 3.65. The van der Waals surface area contributed by atoms with Crippen LogP contribution in [0.25, 0.3) is 6.08 Å². The van der Waals surface area contributed by atoms with E-state index in [1.165, 1.54) is 11.0 Å². The van der Waals surface area contributed by atoms with Crippen molar-refractivity contribution >= 4 is 6.08 Å². The highest BCUT2D eigenvalue weighted by Gasteiger charge is 2.49. The molecule has 1 aromatic heterocycles. The van der Waals surface area contributed by atoms with Gasteiger partial charge in [0.15, 0.2) is 6.10 Å². The maximum atomic E-state index is 13.7. The molecule has 0 saturated heterocycles. The Balaban J connectivity index is 1.98. The van der Waals surface area contributed by atoms with Crippen molar-refractivity contribution in [3.63, 3.8) is 0 Å². The number of fused-ring (bicyclic) bond motifs is 1. The van der Waals surface area contributed by atoms with Crippen molar-refractivity contribution < 1.29 is 27.1 Å². The molecule has 134 valence electrons.